The number of benzene rings is 1. The SMILES string of the molecule is Cc1cccc(C(CC2COC2)C(=O)O)c1. The van der Waals surface area contributed by atoms with Gasteiger partial charge in [-0.05, 0) is 18.9 Å². The second-order valence-corrected chi connectivity index (χ2v) is 4.44. The summed E-state index contributed by atoms with van der Waals surface area (Å²) in [6.07, 6.45) is 0.679. The van der Waals surface area contributed by atoms with Crippen LogP contribution in [0.3, 0.4) is 0 Å². The maximum absolute atomic E-state index is 11.2. The third-order valence-corrected chi connectivity index (χ3v) is 3.02. The van der Waals surface area contributed by atoms with Gasteiger partial charge in [-0.2, -0.15) is 0 Å². The van der Waals surface area contributed by atoms with E-state index >= 15 is 0 Å². The van der Waals surface area contributed by atoms with Crippen LogP contribution in [0.4, 0.5) is 0 Å². The summed E-state index contributed by atoms with van der Waals surface area (Å²) in [4.78, 5) is 11.2. The molecule has 1 aliphatic heterocycles. The average Bonchev–Trinajstić information content (AvgIpc) is 2.15. The Hall–Kier alpha value is -1.35. The van der Waals surface area contributed by atoms with Crippen molar-refractivity contribution >= 4 is 5.97 Å². The molecule has 1 fully saturated rings. The smallest absolute Gasteiger partial charge is 0.310 e. The molecule has 1 aromatic rings. The molecule has 2 rings (SSSR count). The van der Waals surface area contributed by atoms with Crippen LogP contribution in [0.2, 0.25) is 0 Å². The first-order chi connectivity index (χ1) is 7.66. The fourth-order valence-electron chi connectivity index (χ4n) is 2.02. The highest BCUT2D eigenvalue weighted by Gasteiger charge is 2.28. The number of carboxylic acid groups (broad SMARTS) is 1. The quantitative estimate of drug-likeness (QED) is 0.846. The van der Waals surface area contributed by atoms with Gasteiger partial charge in [0.05, 0.1) is 19.1 Å². The summed E-state index contributed by atoms with van der Waals surface area (Å²) in [5.74, 6) is -0.729. The number of aryl methyl sites for hydroxylation is 1. The highest BCUT2D eigenvalue weighted by molar-refractivity contribution is 5.76. The van der Waals surface area contributed by atoms with Gasteiger partial charge in [0.1, 0.15) is 0 Å². The minimum atomic E-state index is -0.738. The number of aliphatic carboxylic acids is 1. The van der Waals surface area contributed by atoms with E-state index in [-0.39, 0.29) is 0 Å². The Bertz CT molecular complexity index is 383. The van der Waals surface area contributed by atoms with Crippen LogP contribution in [0.15, 0.2) is 24.3 Å². The molecule has 0 aromatic heterocycles. The lowest BCUT2D eigenvalue weighted by Crippen LogP contribution is -2.30. The monoisotopic (exact) mass is 220 g/mol. The van der Waals surface area contributed by atoms with Crippen molar-refractivity contribution in [3.05, 3.63) is 35.4 Å². The normalized spacial score (nSPS) is 17.8. The molecule has 1 saturated heterocycles. The van der Waals surface area contributed by atoms with Gasteiger partial charge in [0.2, 0.25) is 0 Å². The molecule has 0 radical (unpaired) electrons. The Morgan fingerprint density at radius 2 is 2.31 bits per heavy atom. The first-order valence-electron chi connectivity index (χ1n) is 5.54. The number of carboxylic acids is 1. The van der Waals surface area contributed by atoms with E-state index in [2.05, 4.69) is 0 Å². The van der Waals surface area contributed by atoms with Crippen LogP contribution in [-0.2, 0) is 9.53 Å². The summed E-state index contributed by atoms with van der Waals surface area (Å²) in [6, 6.07) is 7.75. The number of carbonyl (C=O) groups is 1. The van der Waals surface area contributed by atoms with Crippen LogP contribution >= 0.6 is 0 Å². The van der Waals surface area contributed by atoms with Crippen LogP contribution in [-0.4, -0.2) is 24.3 Å². The third kappa shape index (κ3) is 2.42. The molecule has 0 saturated carbocycles. The van der Waals surface area contributed by atoms with Gasteiger partial charge in [-0.25, -0.2) is 0 Å². The van der Waals surface area contributed by atoms with Gasteiger partial charge in [-0.3, -0.25) is 4.79 Å². The fraction of sp³-hybridized carbons (Fsp3) is 0.462. The summed E-state index contributed by atoms with van der Waals surface area (Å²) < 4.78 is 5.08. The molecule has 0 amide bonds. The lowest BCUT2D eigenvalue weighted by Gasteiger charge is -2.28. The van der Waals surface area contributed by atoms with Crippen molar-refractivity contribution in [2.24, 2.45) is 5.92 Å². The Kier molecular flexibility index (Phi) is 3.25. The lowest BCUT2D eigenvalue weighted by atomic mass is 9.87. The van der Waals surface area contributed by atoms with E-state index in [9.17, 15) is 9.90 Å². The zero-order chi connectivity index (χ0) is 11.5. The maximum atomic E-state index is 11.2. The number of ether oxygens (including phenoxy) is 1. The first kappa shape index (κ1) is 11.1. The summed E-state index contributed by atoms with van der Waals surface area (Å²) in [6.45, 7) is 3.39. The molecule has 16 heavy (non-hydrogen) atoms. The third-order valence-electron chi connectivity index (χ3n) is 3.02. The highest BCUT2D eigenvalue weighted by atomic mass is 16.5. The van der Waals surface area contributed by atoms with Crippen molar-refractivity contribution in [1.29, 1.82) is 0 Å². The van der Waals surface area contributed by atoms with E-state index in [1.165, 1.54) is 0 Å². The molecular formula is C13H16O3. The Labute approximate surface area is 95.0 Å². The van der Waals surface area contributed by atoms with Crippen molar-refractivity contribution in [3.8, 4) is 0 Å². The minimum absolute atomic E-state index is 0.395. The molecule has 3 nitrogen and oxygen atoms in total. The predicted octanol–water partition coefficient (Wildman–Crippen LogP) is 2.20. The van der Waals surface area contributed by atoms with Crippen LogP contribution in [0.5, 0.6) is 0 Å². The van der Waals surface area contributed by atoms with Gasteiger partial charge in [-0.15, -0.1) is 0 Å². The average molecular weight is 220 g/mol. The van der Waals surface area contributed by atoms with Gasteiger partial charge in [0.15, 0.2) is 0 Å². The van der Waals surface area contributed by atoms with Crippen molar-refractivity contribution < 1.29 is 14.6 Å². The summed E-state index contributed by atoms with van der Waals surface area (Å²) in [7, 11) is 0. The molecule has 1 atom stereocenters. The van der Waals surface area contributed by atoms with Gasteiger partial charge < -0.3 is 9.84 Å². The first-order valence-corrected chi connectivity index (χ1v) is 5.54. The van der Waals surface area contributed by atoms with Crippen molar-refractivity contribution in [1.82, 2.24) is 0 Å². The number of hydrogen-bond acceptors (Lipinski definition) is 2. The summed E-state index contributed by atoms with van der Waals surface area (Å²) >= 11 is 0. The molecule has 1 N–H and O–H groups in total. The topological polar surface area (TPSA) is 46.5 Å². The highest BCUT2D eigenvalue weighted by Crippen LogP contribution is 2.28. The predicted molar refractivity (Wildman–Crippen MR) is 60.5 cm³/mol. The summed E-state index contributed by atoms with van der Waals surface area (Å²) in [5.41, 5.74) is 2.01. The maximum Gasteiger partial charge on any atom is 0.310 e. The lowest BCUT2D eigenvalue weighted by molar-refractivity contribution is -0.140. The fourth-order valence-corrected chi connectivity index (χ4v) is 2.02. The van der Waals surface area contributed by atoms with E-state index in [1.807, 2.05) is 31.2 Å². The van der Waals surface area contributed by atoms with Gasteiger partial charge in [0.25, 0.3) is 0 Å². The van der Waals surface area contributed by atoms with E-state index in [4.69, 9.17) is 4.74 Å². The van der Waals surface area contributed by atoms with E-state index in [0.717, 1.165) is 11.1 Å². The Morgan fingerprint density at radius 3 is 2.81 bits per heavy atom. The second kappa shape index (κ2) is 4.66. The largest absolute Gasteiger partial charge is 0.481 e. The van der Waals surface area contributed by atoms with E-state index in [0.29, 0.717) is 25.6 Å². The molecule has 86 valence electrons. The van der Waals surface area contributed by atoms with Gasteiger partial charge >= 0.3 is 5.97 Å². The summed E-state index contributed by atoms with van der Waals surface area (Å²) in [5, 5.41) is 9.25. The van der Waals surface area contributed by atoms with Crippen molar-refractivity contribution in [3.63, 3.8) is 0 Å². The molecule has 1 heterocycles. The van der Waals surface area contributed by atoms with Gasteiger partial charge in [0, 0.05) is 5.92 Å². The molecule has 0 spiro atoms. The van der Waals surface area contributed by atoms with Crippen LogP contribution in [0, 0.1) is 12.8 Å². The van der Waals surface area contributed by atoms with Crippen molar-refractivity contribution in [2.45, 2.75) is 19.3 Å². The molecule has 3 heteroatoms. The Balaban J connectivity index is 2.14. The van der Waals surface area contributed by atoms with Crippen LogP contribution in [0.1, 0.15) is 23.5 Å². The molecule has 1 unspecified atom stereocenters. The van der Waals surface area contributed by atoms with Crippen molar-refractivity contribution in [2.75, 3.05) is 13.2 Å². The minimum Gasteiger partial charge on any atom is -0.481 e. The van der Waals surface area contributed by atoms with E-state index in [1.54, 1.807) is 0 Å². The molecule has 1 aromatic carbocycles. The second-order valence-electron chi connectivity index (χ2n) is 4.44. The number of rotatable bonds is 4. The molecule has 0 aliphatic carbocycles. The Morgan fingerprint density at radius 1 is 1.56 bits per heavy atom. The standard InChI is InChI=1S/C13H16O3/c1-9-3-2-4-11(5-9)12(13(14)15)6-10-7-16-8-10/h2-5,10,12H,6-8H2,1H3,(H,14,15). The zero-order valence-electron chi connectivity index (χ0n) is 9.35. The molecule has 1 aliphatic rings. The van der Waals surface area contributed by atoms with Gasteiger partial charge in [-0.1, -0.05) is 29.8 Å². The van der Waals surface area contributed by atoms with Crippen LogP contribution in [0.25, 0.3) is 0 Å². The van der Waals surface area contributed by atoms with Crippen LogP contribution < -0.4 is 0 Å². The molecule has 0 bridgehead atoms. The van der Waals surface area contributed by atoms with E-state index < -0.39 is 11.9 Å². The molecular weight excluding hydrogens is 204 g/mol. The number of hydrogen-bond donors (Lipinski definition) is 1. The zero-order valence-corrected chi connectivity index (χ0v) is 9.35.